The Morgan fingerprint density at radius 2 is 0.711 bits per heavy atom. The molecular weight excluding hydrogens is 1470 g/mol. The van der Waals surface area contributed by atoms with Crippen LogP contribution in [0.1, 0.15) is 223 Å². The number of benzene rings is 3. The molecule has 12 heterocycles. The van der Waals surface area contributed by atoms with Gasteiger partial charge < -0.3 is 73.9 Å². The van der Waals surface area contributed by atoms with E-state index in [2.05, 4.69) is 50.4 Å². The number of carboxylic acid groups (broad SMARTS) is 1. The summed E-state index contributed by atoms with van der Waals surface area (Å²) >= 11 is 0. The summed E-state index contributed by atoms with van der Waals surface area (Å²) in [7, 11) is 0.289. The van der Waals surface area contributed by atoms with Crippen LogP contribution < -0.4 is 62.0 Å². The smallest absolute Gasteiger partial charge is 0.543 e. The molecule has 0 radical (unpaired) electrons. The quantitative estimate of drug-likeness (QED) is 0.117. The molecule has 3 aromatic heterocycles. The van der Waals surface area contributed by atoms with Crippen molar-refractivity contribution in [2.24, 2.45) is 35.5 Å². The number of aromatic carboxylic acids is 1. The molecule has 9 aliphatic heterocycles. The molecule has 28 heteroatoms. The minimum atomic E-state index is -1.50. The number of hydrogen-bond donors (Lipinski definition) is 3. The van der Waals surface area contributed by atoms with Crippen molar-refractivity contribution < 1.29 is 58.8 Å². The fraction of sp³-hybridized carbons (Fsp3) is 0.686. The number of nitrogens with zero attached hydrogens (tertiary/aromatic N) is 13. The van der Waals surface area contributed by atoms with Gasteiger partial charge in [0, 0.05) is 115 Å². The zero-order valence-corrected chi connectivity index (χ0v) is 71.1. The Bertz CT molecular complexity index is 4290. The van der Waals surface area contributed by atoms with Gasteiger partial charge in [-0.3, -0.25) is 24.0 Å². The number of hydrogen-bond acceptors (Lipinski definition) is 18. The van der Waals surface area contributed by atoms with Crippen molar-refractivity contribution in [2.45, 2.75) is 223 Å². The van der Waals surface area contributed by atoms with Gasteiger partial charge in [-0.2, -0.15) is 0 Å². The third-order valence-corrected chi connectivity index (χ3v) is 27.6. The van der Waals surface area contributed by atoms with Crippen molar-refractivity contribution >= 4 is 77.5 Å². The Morgan fingerprint density at radius 1 is 0.430 bits per heavy atom. The van der Waals surface area contributed by atoms with Gasteiger partial charge in [-0.05, 0) is 182 Å². The number of rotatable bonds is 10. The number of carbonyl (C=O) groups is 3. The minimum Gasteiger partial charge on any atom is -0.543 e. The van der Waals surface area contributed by atoms with E-state index < -0.39 is 24.3 Å². The van der Waals surface area contributed by atoms with E-state index in [1.54, 1.807) is 23.5 Å². The monoisotopic (exact) mass is 1590 g/mol. The molecule has 18 rings (SSSR count). The van der Waals surface area contributed by atoms with Crippen LogP contribution in [0.4, 0.5) is 0 Å². The van der Waals surface area contributed by atoms with Gasteiger partial charge >= 0.3 is 55.3 Å². The molecule has 612 valence electrons. The van der Waals surface area contributed by atoms with Gasteiger partial charge in [0.05, 0.1) is 39.1 Å². The third-order valence-electron chi connectivity index (χ3n) is 27.6. The van der Waals surface area contributed by atoms with Crippen LogP contribution in [0.3, 0.4) is 0 Å². The van der Waals surface area contributed by atoms with E-state index in [9.17, 15) is 38.9 Å². The van der Waals surface area contributed by atoms with Gasteiger partial charge in [-0.1, -0.05) is 133 Å². The second kappa shape index (κ2) is 42.4. The van der Waals surface area contributed by atoms with Crippen LogP contribution in [0.5, 0.6) is 0 Å². The maximum Gasteiger partial charge on any atom is 1.00 e. The molecule has 12 aliphatic rings. The number of nitrogens with one attached hydrogen (secondary N) is 2. The second-order valence-electron chi connectivity index (χ2n) is 34.7. The summed E-state index contributed by atoms with van der Waals surface area (Å²) in [4.78, 5) is 106. The van der Waals surface area contributed by atoms with E-state index in [1.807, 2.05) is 79.6 Å². The van der Waals surface area contributed by atoms with Crippen molar-refractivity contribution in [3.8, 4) is 0 Å². The van der Waals surface area contributed by atoms with Crippen LogP contribution in [0.2, 0.25) is 13.6 Å². The fourth-order valence-electron chi connectivity index (χ4n) is 21.3. The molecule has 6 atom stereocenters. The van der Waals surface area contributed by atoms with Gasteiger partial charge in [-0.15, -0.1) is 25.5 Å². The van der Waals surface area contributed by atoms with Crippen LogP contribution in [-0.2, 0) is 4.70 Å². The van der Waals surface area contributed by atoms with Gasteiger partial charge in [0.15, 0.2) is 17.1 Å². The van der Waals surface area contributed by atoms with Crippen LogP contribution in [0, 0.1) is 35.5 Å². The molecule has 0 spiro atoms. The summed E-state index contributed by atoms with van der Waals surface area (Å²) in [6.45, 7) is 20.1. The van der Waals surface area contributed by atoms with E-state index in [0.717, 1.165) is 171 Å². The van der Waals surface area contributed by atoms with E-state index in [-0.39, 0.29) is 94.4 Å². The number of carbonyl (C=O) groups excluding carboxylic acids is 3. The summed E-state index contributed by atoms with van der Waals surface area (Å²) in [5, 5.41) is 32.5. The molecule has 3 aromatic carbocycles. The number of likely N-dealkylation sites (tertiary alicyclic amines) is 5. The molecule has 3 N–H and O–H groups in total. The normalized spacial score (nSPS) is 25.5. The summed E-state index contributed by atoms with van der Waals surface area (Å²) in [5.74, 6) is 1.55. The van der Waals surface area contributed by atoms with Crippen molar-refractivity contribution in [1.82, 2.24) is 68.6 Å². The molecule has 6 aromatic rings. The number of aromatic nitrogens is 6. The predicted molar refractivity (Wildman–Crippen MR) is 447 cm³/mol. The van der Waals surface area contributed by atoms with Gasteiger partial charge in [0.25, 0.3) is 28.5 Å². The number of halogens is 1. The maximum atomic E-state index is 13.9. The van der Waals surface area contributed by atoms with Crippen LogP contribution in [-0.4, -0.2) is 231 Å². The first-order valence-electron chi connectivity index (χ1n) is 43.6. The number of fused-ring (bicyclic) bond motifs is 6. The first-order valence-corrected chi connectivity index (χ1v) is 43.6. The Labute approximate surface area is 702 Å². The van der Waals surface area contributed by atoms with Crippen molar-refractivity contribution in [3.63, 3.8) is 0 Å². The van der Waals surface area contributed by atoms with E-state index in [0.29, 0.717) is 65.9 Å². The molecular formula is C86H124B2ClN15NaO9-. The second-order valence-corrected chi connectivity index (χ2v) is 34.7. The van der Waals surface area contributed by atoms with Crippen molar-refractivity contribution in [1.29, 1.82) is 0 Å². The van der Waals surface area contributed by atoms with E-state index in [1.165, 1.54) is 155 Å². The fourth-order valence-corrected chi connectivity index (χ4v) is 21.3. The first kappa shape index (κ1) is 87.7. The predicted octanol–water partition coefficient (Wildman–Crippen LogP) is 6.93. The van der Waals surface area contributed by atoms with Gasteiger partial charge in [0.2, 0.25) is 0 Å². The van der Waals surface area contributed by atoms with Crippen LogP contribution in [0.25, 0.3) is 38.4 Å². The molecule has 0 bridgehead atoms. The maximum absolute atomic E-state index is 13.9. The van der Waals surface area contributed by atoms with Gasteiger partial charge in [0.1, 0.15) is 0 Å². The number of para-hydroxylation sites is 6. The molecule has 3 saturated carbocycles. The van der Waals surface area contributed by atoms with Crippen molar-refractivity contribution in [3.05, 3.63) is 126 Å². The van der Waals surface area contributed by atoms with Gasteiger partial charge in [-0.25, -0.2) is 15.0 Å². The topological polar surface area (TPSA) is 274 Å². The standard InChI is InChI=1S/C29H42BN5O3.C28H39N5O2.C22H29N3O3.C6H11N2.CH3BO.ClH.Na/c1-30(38)34-19-21-17-33(18-22(21)20-34)28(36)27-29(37)35(26-12-8-7-11-25(26)31-27)24-13-15-32(16-14-24)23-9-5-3-2-4-6-10-23;34-27(32-18-20-16-29-17-21(20)19-32)26-28(35)33(25-11-7-6-10-24(25)30-26)23-12-14-31(15-13-23)22-8-4-2-1-3-5-9-22;26-21-20(22(27)28)23-18-10-6-7-11-19(18)25(21)17-12-14-24(15-13-17)16-8-4-2-1-3-5-9-16;1-5-2-8-4-6(5)3-7-1;1-2-3;;/h7-8,11-12,21-24,38H,2-6,9-10,13-20H2,1H3;6-7,10-11,20-23,29H,1-5,8-9,12-19H2;6-7,10-11,16-17H,1-5,8-9,12-15H2,(H,27,28);5-7H,1-4H2;1H3;1H;/q;;;-1;;;+1/p-1. The number of amides is 2. The molecule has 3 aliphatic carbocycles. The molecule has 9 saturated heterocycles. The summed E-state index contributed by atoms with van der Waals surface area (Å²) in [6, 6.07) is 25.2. The van der Waals surface area contributed by atoms with E-state index in [4.69, 9.17) is 4.70 Å². The minimum absolute atomic E-state index is 0. The zero-order chi connectivity index (χ0) is 77.6. The number of piperidine rings is 3. The van der Waals surface area contributed by atoms with Crippen LogP contribution in [0.15, 0.2) is 87.2 Å². The SMILES string of the molecule is C1[N-]CC2CNCC12.CB(O)N1CC2CN(C(=O)c3nc4ccccc4n(C4CCN(C5CCCCCCC5)CC4)c3=O)CC2C1.CB=O.Cl.O=C([O-])c1nc2ccccc2n(C2CCN(C3CCCCCCC3)CC2)c1=O.O=C(c1nc2ccccc2n(C2CCN(C3CCCCCCC3)CC2)c1=O)N1CC2CNCC2C1.[Na+]. The number of carboxylic acids is 1. The average Bonchev–Trinajstić information content (AvgIpc) is 1.35. The van der Waals surface area contributed by atoms with Crippen molar-refractivity contribution in [2.75, 3.05) is 118 Å². The third kappa shape index (κ3) is 21.0. The first-order chi connectivity index (χ1) is 54.7. The zero-order valence-electron chi connectivity index (χ0n) is 68.3. The molecule has 2 amide bonds. The van der Waals surface area contributed by atoms with E-state index >= 15 is 0 Å². The molecule has 24 nitrogen and oxygen atoms in total. The average molecular weight is 1590 g/mol. The molecule has 114 heavy (non-hydrogen) atoms. The summed E-state index contributed by atoms with van der Waals surface area (Å²) < 4.78 is 14.3. The molecule has 6 unspecified atom stereocenters. The molecule has 12 fully saturated rings. The summed E-state index contributed by atoms with van der Waals surface area (Å²) in [6.07, 6.45) is 33.6. The Balaban J connectivity index is 0.000000148. The Morgan fingerprint density at radius 3 is 1.03 bits per heavy atom. The van der Waals surface area contributed by atoms with Crippen LogP contribution >= 0.6 is 12.4 Å². The Hall–Kier alpha value is -5.61. The largest absolute Gasteiger partial charge is 1.00 e. The Kier molecular flexibility index (Phi) is 32.6. The summed E-state index contributed by atoms with van der Waals surface area (Å²) in [5.41, 5.74) is 3.13.